The van der Waals surface area contributed by atoms with Crippen molar-refractivity contribution in [1.29, 1.82) is 0 Å². The van der Waals surface area contributed by atoms with Crippen molar-refractivity contribution in [3.63, 3.8) is 0 Å². The number of rotatable bonds is 9. The van der Waals surface area contributed by atoms with Gasteiger partial charge in [-0.05, 0) is 71.8 Å². The number of carboxylic acid groups (broad SMARTS) is 2. The van der Waals surface area contributed by atoms with Gasteiger partial charge in [0.25, 0.3) is 23.2 Å². The summed E-state index contributed by atoms with van der Waals surface area (Å²) in [5, 5.41) is 46.4. The van der Waals surface area contributed by atoms with E-state index in [1.54, 1.807) is 0 Å². The lowest BCUT2D eigenvalue weighted by atomic mass is 10.0. The third-order valence-electron chi connectivity index (χ3n) is 5.96. The Labute approximate surface area is 235 Å². The molecule has 0 saturated carbocycles. The molecule has 4 rings (SSSR count). The predicted octanol–water partition coefficient (Wildman–Crippen LogP) is 5.07. The number of carbonyl (C=O) groups is 4. The van der Waals surface area contributed by atoms with Gasteiger partial charge in [-0.15, -0.1) is 0 Å². The minimum Gasteiger partial charge on any atom is -0.478 e. The second kappa shape index (κ2) is 11.7. The molecule has 4 aromatic carbocycles. The second-order valence-corrected chi connectivity index (χ2v) is 8.66. The van der Waals surface area contributed by atoms with Crippen LogP contribution in [-0.4, -0.2) is 43.8 Å². The fraction of sp³-hybridized carbons (Fsp3) is 0. The van der Waals surface area contributed by atoms with Gasteiger partial charge in [0.05, 0.1) is 21.0 Å². The molecule has 210 valence electrons. The number of hydrogen-bond acceptors (Lipinski definition) is 8. The number of carbonyl (C=O) groups excluding carboxylic acids is 2. The monoisotopic (exact) mass is 570 g/mol. The Hall–Kier alpha value is -6.44. The van der Waals surface area contributed by atoms with Crippen molar-refractivity contribution in [3.05, 3.63) is 127 Å². The van der Waals surface area contributed by atoms with E-state index in [0.717, 1.165) is 24.3 Å². The molecule has 0 bridgehead atoms. The maximum atomic E-state index is 12.8. The summed E-state index contributed by atoms with van der Waals surface area (Å²) in [5.74, 6) is -4.18. The van der Waals surface area contributed by atoms with Crippen LogP contribution in [0.5, 0.6) is 0 Å². The zero-order valence-electron chi connectivity index (χ0n) is 21.1. The van der Waals surface area contributed by atoms with Gasteiger partial charge in [0.2, 0.25) is 0 Å². The van der Waals surface area contributed by atoms with Crippen LogP contribution < -0.4 is 10.6 Å². The first-order valence-corrected chi connectivity index (χ1v) is 11.8. The summed E-state index contributed by atoms with van der Waals surface area (Å²) >= 11 is 0. The lowest BCUT2D eigenvalue weighted by molar-refractivity contribution is -0.384. The van der Waals surface area contributed by atoms with E-state index in [0.29, 0.717) is 0 Å². The van der Waals surface area contributed by atoms with Crippen molar-refractivity contribution < 1.29 is 39.2 Å². The first-order chi connectivity index (χ1) is 19.9. The number of nitro benzene ring substituents is 2. The van der Waals surface area contributed by atoms with Crippen LogP contribution >= 0.6 is 0 Å². The van der Waals surface area contributed by atoms with Crippen LogP contribution in [0.15, 0.2) is 84.9 Å². The van der Waals surface area contributed by atoms with Crippen LogP contribution in [0.2, 0.25) is 0 Å². The van der Waals surface area contributed by atoms with Crippen molar-refractivity contribution in [2.45, 2.75) is 0 Å². The molecule has 14 nitrogen and oxygen atoms in total. The average Bonchev–Trinajstić information content (AvgIpc) is 2.96. The van der Waals surface area contributed by atoms with Crippen LogP contribution in [0, 0.1) is 20.2 Å². The molecule has 0 heterocycles. The van der Waals surface area contributed by atoms with E-state index in [9.17, 15) is 49.6 Å². The quantitative estimate of drug-likeness (QED) is 0.154. The van der Waals surface area contributed by atoms with Crippen LogP contribution in [-0.2, 0) is 0 Å². The molecule has 0 aliphatic rings. The molecule has 0 radical (unpaired) electrons. The number of amides is 2. The predicted molar refractivity (Wildman–Crippen MR) is 148 cm³/mol. The number of anilines is 2. The van der Waals surface area contributed by atoms with Crippen molar-refractivity contribution >= 4 is 46.5 Å². The maximum Gasteiger partial charge on any atom is 0.335 e. The summed E-state index contributed by atoms with van der Waals surface area (Å²) in [4.78, 5) is 70.0. The molecule has 42 heavy (non-hydrogen) atoms. The smallest absolute Gasteiger partial charge is 0.335 e. The SMILES string of the molecule is O=C(O)c1cccc(C(=O)Nc2cc(-c3ccc([N+](=O)[O-])c(NC(=O)c4cccc(C(=O)O)c4)c3)ccc2[N+](=O)[O-])c1. The van der Waals surface area contributed by atoms with Gasteiger partial charge in [0.15, 0.2) is 0 Å². The Morgan fingerprint density at radius 1 is 0.548 bits per heavy atom. The van der Waals surface area contributed by atoms with Crippen molar-refractivity contribution in [2.75, 3.05) is 10.6 Å². The molecule has 14 heteroatoms. The minimum atomic E-state index is -1.27. The summed E-state index contributed by atoms with van der Waals surface area (Å²) < 4.78 is 0. The van der Waals surface area contributed by atoms with Gasteiger partial charge in [0.1, 0.15) is 11.4 Å². The normalized spacial score (nSPS) is 10.4. The van der Waals surface area contributed by atoms with Crippen molar-refractivity contribution in [3.8, 4) is 11.1 Å². The number of nitro groups is 2. The molecule has 0 spiro atoms. The summed E-state index contributed by atoms with van der Waals surface area (Å²) in [6.45, 7) is 0. The summed E-state index contributed by atoms with van der Waals surface area (Å²) in [5.41, 5.74) is -1.35. The maximum absolute atomic E-state index is 12.8. The number of carboxylic acids is 2. The van der Waals surface area contributed by atoms with Crippen LogP contribution in [0.25, 0.3) is 11.1 Å². The highest BCUT2D eigenvalue weighted by atomic mass is 16.6. The molecule has 0 aliphatic carbocycles. The van der Waals surface area contributed by atoms with E-state index in [-0.39, 0.29) is 44.8 Å². The Morgan fingerprint density at radius 3 is 1.24 bits per heavy atom. The van der Waals surface area contributed by atoms with E-state index in [1.165, 1.54) is 60.7 Å². The topological polar surface area (TPSA) is 219 Å². The molecule has 0 saturated heterocycles. The molecule has 0 aromatic heterocycles. The number of nitrogens with zero attached hydrogens (tertiary/aromatic N) is 2. The Morgan fingerprint density at radius 2 is 0.905 bits per heavy atom. The number of benzene rings is 4. The molecule has 0 unspecified atom stereocenters. The highest BCUT2D eigenvalue weighted by Crippen LogP contribution is 2.35. The highest BCUT2D eigenvalue weighted by Gasteiger charge is 2.22. The first-order valence-electron chi connectivity index (χ1n) is 11.8. The Kier molecular flexibility index (Phi) is 7.99. The number of hydrogen-bond donors (Lipinski definition) is 4. The lowest BCUT2D eigenvalue weighted by Gasteiger charge is -2.11. The van der Waals surface area contributed by atoms with Crippen molar-refractivity contribution in [1.82, 2.24) is 0 Å². The van der Waals surface area contributed by atoms with Crippen molar-refractivity contribution in [2.24, 2.45) is 0 Å². The third-order valence-corrected chi connectivity index (χ3v) is 5.96. The van der Waals surface area contributed by atoms with Crippen LogP contribution in [0.4, 0.5) is 22.7 Å². The fourth-order valence-corrected chi connectivity index (χ4v) is 3.93. The minimum absolute atomic E-state index is 0.0677. The molecular weight excluding hydrogens is 552 g/mol. The Bertz CT molecular complexity index is 1670. The van der Waals surface area contributed by atoms with E-state index < -0.39 is 45.0 Å². The molecule has 2 amide bonds. The fourth-order valence-electron chi connectivity index (χ4n) is 3.93. The van der Waals surface area contributed by atoms with Gasteiger partial charge in [-0.2, -0.15) is 0 Å². The summed E-state index contributed by atoms with van der Waals surface area (Å²) in [7, 11) is 0. The van der Waals surface area contributed by atoms with Gasteiger partial charge in [-0.25, -0.2) is 9.59 Å². The summed E-state index contributed by atoms with van der Waals surface area (Å²) in [6, 6.07) is 17.5. The van der Waals surface area contributed by atoms with Gasteiger partial charge in [-0.1, -0.05) is 12.1 Å². The van der Waals surface area contributed by atoms with Crippen LogP contribution in [0.3, 0.4) is 0 Å². The van der Waals surface area contributed by atoms with Crippen LogP contribution in [0.1, 0.15) is 41.4 Å². The molecule has 0 atom stereocenters. The highest BCUT2D eigenvalue weighted by molar-refractivity contribution is 6.08. The Balaban J connectivity index is 1.70. The van der Waals surface area contributed by atoms with Gasteiger partial charge in [0, 0.05) is 23.3 Å². The standard InChI is InChI=1S/C28H18N4O10/c33-25(17-3-1-5-19(11-17)27(35)36)29-21-13-15(7-9-23(21)31(39)40)16-8-10-24(32(41)42)22(14-16)30-26(34)18-4-2-6-20(12-18)28(37)38/h1-14H,(H,29,33)(H,30,34)(H,35,36)(H,37,38). The van der Waals surface area contributed by atoms with E-state index in [1.807, 2.05) is 0 Å². The molecular formula is C28H18N4O10. The van der Waals surface area contributed by atoms with Gasteiger partial charge in [-0.3, -0.25) is 29.8 Å². The molecule has 0 fully saturated rings. The lowest BCUT2D eigenvalue weighted by Crippen LogP contribution is -2.14. The van der Waals surface area contributed by atoms with E-state index >= 15 is 0 Å². The van der Waals surface area contributed by atoms with Gasteiger partial charge >= 0.3 is 11.9 Å². The number of aromatic carboxylic acids is 2. The third kappa shape index (κ3) is 6.23. The van der Waals surface area contributed by atoms with E-state index in [4.69, 9.17) is 0 Å². The average molecular weight is 570 g/mol. The zero-order valence-corrected chi connectivity index (χ0v) is 21.1. The summed E-state index contributed by atoms with van der Waals surface area (Å²) in [6.07, 6.45) is 0. The molecule has 4 N–H and O–H groups in total. The van der Waals surface area contributed by atoms with Gasteiger partial charge < -0.3 is 20.8 Å². The zero-order chi connectivity index (χ0) is 30.6. The molecule has 0 aliphatic heterocycles. The second-order valence-electron chi connectivity index (χ2n) is 8.66. The molecule has 4 aromatic rings. The number of nitrogens with one attached hydrogen (secondary N) is 2. The van der Waals surface area contributed by atoms with E-state index in [2.05, 4.69) is 10.6 Å². The largest absolute Gasteiger partial charge is 0.478 e. The first kappa shape index (κ1) is 28.6.